The molecule has 3 fully saturated rings. The van der Waals surface area contributed by atoms with Crippen LogP contribution in [-0.2, 0) is 33.2 Å². The molecule has 19 heteroatoms. The number of carbonyl (C=O) groups excluding carboxylic acids is 1. The maximum Gasteiger partial charge on any atom is 0.220 e. The van der Waals surface area contributed by atoms with Crippen LogP contribution in [0.25, 0.3) is 0 Å². The van der Waals surface area contributed by atoms with Gasteiger partial charge in [0.2, 0.25) is 5.91 Å². The molecule has 19 nitrogen and oxygen atoms in total. The molecular formula is C75H127NO18. The van der Waals surface area contributed by atoms with Gasteiger partial charge >= 0.3 is 0 Å². The molecule has 0 spiro atoms. The molecule has 540 valence electrons. The number of rotatable bonds is 54. The molecule has 94 heavy (non-hydrogen) atoms. The first-order valence-electron chi connectivity index (χ1n) is 36.1. The summed E-state index contributed by atoms with van der Waals surface area (Å²) in [6.45, 7) is 1.60. The van der Waals surface area contributed by atoms with Gasteiger partial charge in [-0.15, -0.1) is 0 Å². The molecule has 0 aliphatic carbocycles. The minimum Gasteiger partial charge on any atom is -0.394 e. The Morgan fingerprint density at radius 3 is 1.15 bits per heavy atom. The number of aliphatic hydroxyl groups is 11. The number of hydrogen-bond donors (Lipinski definition) is 12. The number of unbranched alkanes of at least 4 members (excludes halogenated alkanes) is 22. The van der Waals surface area contributed by atoms with Crippen LogP contribution in [0.4, 0.5) is 0 Å². The Morgan fingerprint density at radius 1 is 0.394 bits per heavy atom. The first kappa shape index (κ1) is 84.7. The lowest BCUT2D eigenvalue weighted by molar-refractivity contribution is -0.379. The van der Waals surface area contributed by atoms with Gasteiger partial charge in [0.05, 0.1) is 38.6 Å². The first-order valence-corrected chi connectivity index (χ1v) is 36.1. The van der Waals surface area contributed by atoms with Gasteiger partial charge in [0.25, 0.3) is 0 Å². The zero-order chi connectivity index (χ0) is 68.2. The number of aliphatic hydroxyl groups excluding tert-OH is 11. The van der Waals surface area contributed by atoms with E-state index in [1.54, 1.807) is 6.08 Å². The van der Waals surface area contributed by atoms with E-state index >= 15 is 0 Å². The summed E-state index contributed by atoms with van der Waals surface area (Å²) in [5.41, 5.74) is 0. The first-order chi connectivity index (χ1) is 45.8. The van der Waals surface area contributed by atoms with Gasteiger partial charge in [0.15, 0.2) is 18.9 Å². The summed E-state index contributed by atoms with van der Waals surface area (Å²) in [5, 5.41) is 121. The van der Waals surface area contributed by atoms with Crippen molar-refractivity contribution in [2.45, 2.75) is 330 Å². The number of amides is 1. The van der Waals surface area contributed by atoms with Crippen LogP contribution in [0.2, 0.25) is 0 Å². The van der Waals surface area contributed by atoms with Crippen LogP contribution in [0.1, 0.15) is 226 Å². The highest BCUT2D eigenvalue weighted by Gasteiger charge is 2.53. The van der Waals surface area contributed by atoms with Crippen molar-refractivity contribution in [3.8, 4) is 0 Å². The van der Waals surface area contributed by atoms with Gasteiger partial charge in [-0.2, -0.15) is 0 Å². The van der Waals surface area contributed by atoms with Crippen LogP contribution < -0.4 is 5.32 Å². The van der Waals surface area contributed by atoms with Crippen LogP contribution in [0, 0.1) is 0 Å². The maximum atomic E-state index is 13.4. The third-order valence-electron chi connectivity index (χ3n) is 17.3. The van der Waals surface area contributed by atoms with Crippen LogP contribution in [-0.4, -0.2) is 193 Å². The van der Waals surface area contributed by atoms with Crippen molar-refractivity contribution in [2.24, 2.45) is 0 Å². The topological polar surface area (TPSA) is 307 Å². The van der Waals surface area contributed by atoms with Gasteiger partial charge in [-0.3, -0.25) is 4.79 Å². The van der Waals surface area contributed by atoms with Gasteiger partial charge in [0.1, 0.15) is 73.2 Å². The summed E-state index contributed by atoms with van der Waals surface area (Å²) in [4.78, 5) is 13.4. The van der Waals surface area contributed by atoms with E-state index in [1.807, 2.05) is 6.08 Å². The van der Waals surface area contributed by atoms with Crippen LogP contribution in [0.3, 0.4) is 0 Å². The molecule has 0 aromatic rings. The second kappa shape index (κ2) is 55.3. The Hall–Kier alpha value is -3.55. The average Bonchev–Trinajstić information content (AvgIpc) is 0.787. The molecule has 0 bridgehead atoms. The molecule has 12 N–H and O–H groups in total. The van der Waals surface area contributed by atoms with Crippen LogP contribution in [0.15, 0.2) is 109 Å². The van der Waals surface area contributed by atoms with Crippen molar-refractivity contribution in [2.75, 3.05) is 26.4 Å². The second-order valence-corrected chi connectivity index (χ2v) is 25.3. The molecule has 0 aromatic carbocycles. The Bertz CT molecular complexity index is 2130. The molecule has 1 amide bonds. The Kier molecular flexibility index (Phi) is 49.9. The van der Waals surface area contributed by atoms with E-state index in [-0.39, 0.29) is 18.9 Å². The normalized spacial score (nSPS) is 28.0. The van der Waals surface area contributed by atoms with Gasteiger partial charge in [-0.1, -0.05) is 245 Å². The third kappa shape index (κ3) is 36.3. The molecule has 0 aromatic heterocycles. The largest absolute Gasteiger partial charge is 0.394 e. The standard InChI is InChI=1S/C75H127NO18/c1-3-5-7-9-11-13-15-17-19-21-23-24-25-26-27-28-29-30-31-32-33-34-35-37-39-41-43-45-47-49-51-53-63(81)76-58(59(80)52-50-48-46-44-42-40-38-36-22-20-18-16-14-12-10-8-6-4-2)57-89-73-69(87)66(84)71(61(55-78)91-73)94-75-70(88)67(85)72(62(56-79)92-75)93-74-68(86)65(83)64(82)60(54-77)90-74/h5,7,11,13,17,19,23-24,26-27,29-30,32-33,35,37,50,52,58-62,64-75,77-80,82-88H,3-4,6,8-10,12,14-16,18,20-22,25,28,31,34,36,38-49,51,53-57H2,1-2H3,(H,76,81)/b7-5-,13-11-,19-17-,24-23-,27-26-,30-29-,33-32-,37-35-,52-50+. The van der Waals surface area contributed by atoms with E-state index in [1.165, 1.54) is 83.5 Å². The number of hydrogen-bond acceptors (Lipinski definition) is 18. The summed E-state index contributed by atoms with van der Waals surface area (Å²) in [6, 6.07) is -0.990. The van der Waals surface area contributed by atoms with Crippen molar-refractivity contribution < 1.29 is 89.4 Å². The number of nitrogens with one attached hydrogen (secondary N) is 1. The Labute approximate surface area is 564 Å². The lowest BCUT2D eigenvalue weighted by Crippen LogP contribution is -2.66. The minimum absolute atomic E-state index is 0.219. The SMILES string of the molecule is CC/C=C\C/C=C\C/C=C\C/C=C\C/C=C\C/C=C\C/C=C\C/C=C\CCCCCCCCC(=O)NC(COC1OC(CO)C(OC2OC(CO)C(OC3OC(CO)C(O)C(O)C3O)C(O)C2O)C(O)C1O)C(O)/C=C/CCCCCCCCCCCCCCCCCC. The second-order valence-electron chi connectivity index (χ2n) is 25.3. The minimum atomic E-state index is -1.99. The van der Waals surface area contributed by atoms with Crippen molar-refractivity contribution in [1.82, 2.24) is 5.32 Å². The summed E-state index contributed by atoms with van der Waals surface area (Å²) in [5.74, 6) is -0.294. The molecule has 3 rings (SSSR count). The zero-order valence-electron chi connectivity index (χ0n) is 57.1. The molecule has 0 saturated carbocycles. The molecule has 3 aliphatic rings. The molecular weight excluding hydrogens is 1200 g/mol. The Balaban J connectivity index is 1.42. The summed E-state index contributed by atoms with van der Waals surface area (Å²) < 4.78 is 34.4. The van der Waals surface area contributed by atoms with Crippen molar-refractivity contribution in [3.63, 3.8) is 0 Å². The van der Waals surface area contributed by atoms with Gasteiger partial charge in [0, 0.05) is 6.42 Å². The monoisotopic (exact) mass is 1330 g/mol. The molecule has 3 heterocycles. The van der Waals surface area contributed by atoms with E-state index in [0.29, 0.717) is 6.42 Å². The quantitative estimate of drug-likeness (QED) is 0.0199. The predicted octanol–water partition coefficient (Wildman–Crippen LogP) is 10.2. The van der Waals surface area contributed by atoms with E-state index < -0.39 is 124 Å². The van der Waals surface area contributed by atoms with Crippen molar-refractivity contribution >= 4 is 5.91 Å². The van der Waals surface area contributed by atoms with Crippen molar-refractivity contribution in [1.29, 1.82) is 0 Å². The zero-order valence-corrected chi connectivity index (χ0v) is 57.1. The van der Waals surface area contributed by atoms with E-state index in [0.717, 1.165) is 116 Å². The average molecular weight is 1330 g/mol. The summed E-state index contributed by atoms with van der Waals surface area (Å²) in [6.07, 6.45) is 47.6. The fourth-order valence-electron chi connectivity index (χ4n) is 11.5. The molecule has 3 saturated heterocycles. The molecule has 0 radical (unpaired) electrons. The number of allylic oxidation sites excluding steroid dienone is 17. The number of carbonyl (C=O) groups is 1. The summed E-state index contributed by atoms with van der Waals surface area (Å²) >= 11 is 0. The number of ether oxygens (including phenoxy) is 6. The fraction of sp³-hybridized carbons (Fsp3) is 0.747. The maximum absolute atomic E-state index is 13.4. The van der Waals surface area contributed by atoms with E-state index in [4.69, 9.17) is 28.4 Å². The van der Waals surface area contributed by atoms with Gasteiger partial charge < -0.3 is 89.9 Å². The lowest BCUT2D eigenvalue weighted by Gasteiger charge is -2.48. The summed E-state index contributed by atoms with van der Waals surface area (Å²) in [7, 11) is 0. The van der Waals surface area contributed by atoms with Gasteiger partial charge in [-0.05, 0) is 83.5 Å². The highest BCUT2D eigenvalue weighted by atomic mass is 16.8. The van der Waals surface area contributed by atoms with Crippen molar-refractivity contribution in [3.05, 3.63) is 109 Å². The lowest BCUT2D eigenvalue weighted by atomic mass is 9.96. The predicted molar refractivity (Wildman–Crippen MR) is 369 cm³/mol. The molecule has 17 unspecified atom stereocenters. The molecule has 3 aliphatic heterocycles. The van der Waals surface area contributed by atoms with Gasteiger partial charge in [-0.25, -0.2) is 0 Å². The van der Waals surface area contributed by atoms with E-state index in [2.05, 4.69) is 116 Å². The van der Waals surface area contributed by atoms with E-state index in [9.17, 15) is 61.0 Å². The Morgan fingerprint density at radius 2 is 0.734 bits per heavy atom. The van der Waals surface area contributed by atoms with Crippen LogP contribution in [0.5, 0.6) is 0 Å². The molecule has 17 atom stereocenters. The highest BCUT2D eigenvalue weighted by molar-refractivity contribution is 5.76. The third-order valence-corrected chi connectivity index (χ3v) is 17.3. The van der Waals surface area contributed by atoms with Crippen LogP contribution >= 0.6 is 0 Å². The smallest absolute Gasteiger partial charge is 0.220 e. The fourth-order valence-corrected chi connectivity index (χ4v) is 11.5. The highest BCUT2D eigenvalue weighted by Crippen LogP contribution is 2.33.